The van der Waals surface area contributed by atoms with E-state index in [-0.39, 0.29) is 30.8 Å². The zero-order valence-corrected chi connectivity index (χ0v) is 26.7. The van der Waals surface area contributed by atoms with Gasteiger partial charge in [-0.25, -0.2) is 9.59 Å². The number of benzene rings is 5. The van der Waals surface area contributed by atoms with Gasteiger partial charge in [-0.3, -0.25) is 0 Å². The Hall–Kier alpha value is -5.36. The van der Waals surface area contributed by atoms with Crippen LogP contribution in [0.3, 0.4) is 0 Å². The summed E-state index contributed by atoms with van der Waals surface area (Å²) in [5.41, 5.74) is 4.89. The molecule has 0 amide bonds. The van der Waals surface area contributed by atoms with Crippen LogP contribution in [0.25, 0.3) is 21.5 Å². The van der Waals surface area contributed by atoms with Gasteiger partial charge in [0.25, 0.3) is 0 Å². The zero-order chi connectivity index (χ0) is 33.0. The first-order valence-corrected chi connectivity index (χ1v) is 15.9. The fourth-order valence-electron chi connectivity index (χ4n) is 6.55. The summed E-state index contributed by atoms with van der Waals surface area (Å²) in [5, 5.41) is 4.39. The van der Waals surface area contributed by atoms with Gasteiger partial charge >= 0.3 is 11.9 Å². The summed E-state index contributed by atoms with van der Waals surface area (Å²) in [6.45, 7) is 10.9. The Kier molecular flexibility index (Phi) is 9.12. The summed E-state index contributed by atoms with van der Waals surface area (Å²) in [6.07, 6.45) is 3.66. The maximum Gasteiger partial charge on any atom is 0.330 e. The van der Waals surface area contributed by atoms with Crippen LogP contribution >= 0.6 is 0 Å². The van der Waals surface area contributed by atoms with Gasteiger partial charge in [-0.2, -0.15) is 0 Å². The molecule has 238 valence electrons. The van der Waals surface area contributed by atoms with E-state index in [1.165, 1.54) is 22.3 Å². The van der Waals surface area contributed by atoms with Crippen molar-refractivity contribution in [3.8, 4) is 11.5 Å². The molecule has 6 nitrogen and oxygen atoms in total. The summed E-state index contributed by atoms with van der Waals surface area (Å²) in [6, 6.07) is 34.4. The van der Waals surface area contributed by atoms with E-state index in [0.717, 1.165) is 58.0 Å². The van der Waals surface area contributed by atoms with Crippen LogP contribution in [0, 0.1) is 0 Å². The van der Waals surface area contributed by atoms with Crippen molar-refractivity contribution >= 4 is 33.5 Å². The fourth-order valence-corrected chi connectivity index (χ4v) is 6.55. The number of aryl methyl sites for hydroxylation is 1. The van der Waals surface area contributed by atoms with Crippen LogP contribution in [-0.2, 0) is 30.9 Å². The number of carbonyl (C=O) groups excluding carboxylic acids is 2. The van der Waals surface area contributed by atoms with Crippen LogP contribution in [-0.4, -0.2) is 37.4 Å². The molecular formula is C41H38O6. The van der Waals surface area contributed by atoms with Gasteiger partial charge in [0.1, 0.15) is 36.9 Å². The average Bonchev–Trinajstić information content (AvgIpc) is 3.49. The van der Waals surface area contributed by atoms with Crippen molar-refractivity contribution in [2.45, 2.75) is 44.3 Å². The molecule has 5 aromatic carbocycles. The number of fused-ring (bicyclic) bond motifs is 3. The molecule has 1 aliphatic carbocycles. The van der Waals surface area contributed by atoms with Crippen LogP contribution in [0.15, 0.2) is 122 Å². The van der Waals surface area contributed by atoms with Crippen LogP contribution in [0.2, 0.25) is 0 Å². The Balaban J connectivity index is 1.31. The third-order valence-electron chi connectivity index (χ3n) is 8.78. The van der Waals surface area contributed by atoms with Crippen LogP contribution in [0.4, 0.5) is 0 Å². The van der Waals surface area contributed by atoms with Gasteiger partial charge in [0, 0.05) is 17.6 Å². The molecule has 0 aromatic heterocycles. The monoisotopic (exact) mass is 626 g/mol. The highest BCUT2D eigenvalue weighted by Gasteiger charge is 2.41. The third kappa shape index (κ3) is 6.63. The predicted molar refractivity (Wildman–Crippen MR) is 185 cm³/mol. The van der Waals surface area contributed by atoms with Crippen molar-refractivity contribution in [2.24, 2.45) is 0 Å². The minimum atomic E-state index is -0.464. The molecule has 2 unspecified atom stereocenters. The normalized spacial score (nSPS) is 16.6. The number of carbonyl (C=O) groups is 2. The van der Waals surface area contributed by atoms with Crippen molar-refractivity contribution in [3.63, 3.8) is 0 Å². The van der Waals surface area contributed by atoms with Gasteiger partial charge < -0.3 is 18.9 Å². The first kappa shape index (κ1) is 31.6. The summed E-state index contributed by atoms with van der Waals surface area (Å²) < 4.78 is 22.3. The minimum Gasteiger partial charge on any atom is -0.487 e. The molecule has 5 aromatic rings. The lowest BCUT2D eigenvalue weighted by Crippen LogP contribution is -2.26. The summed E-state index contributed by atoms with van der Waals surface area (Å²) in [7, 11) is 0. The maximum absolute atomic E-state index is 11.4. The molecule has 6 heteroatoms. The largest absolute Gasteiger partial charge is 0.487 e. The highest BCUT2D eigenvalue weighted by Crippen LogP contribution is 2.50. The van der Waals surface area contributed by atoms with E-state index in [9.17, 15) is 9.59 Å². The Morgan fingerprint density at radius 3 is 1.66 bits per heavy atom. The van der Waals surface area contributed by atoms with Crippen molar-refractivity contribution in [1.29, 1.82) is 0 Å². The van der Waals surface area contributed by atoms with Gasteiger partial charge in [-0.15, -0.1) is 0 Å². The smallest absolute Gasteiger partial charge is 0.330 e. The number of hydrogen-bond donors (Lipinski definition) is 0. The molecule has 0 N–H and O–H groups in total. The second-order valence-electron chi connectivity index (χ2n) is 12.0. The number of ether oxygens (including phenoxy) is 4. The van der Waals surface area contributed by atoms with E-state index in [0.29, 0.717) is 0 Å². The second-order valence-corrected chi connectivity index (χ2v) is 12.0. The lowest BCUT2D eigenvalue weighted by Gasteiger charge is -2.33. The maximum atomic E-state index is 11.4. The molecular weight excluding hydrogens is 588 g/mol. The Bertz CT molecular complexity index is 1860. The quantitative estimate of drug-likeness (QED) is 0.103. The number of rotatable bonds is 12. The molecule has 0 bridgehead atoms. The topological polar surface area (TPSA) is 71.1 Å². The molecule has 0 saturated carbocycles. The molecule has 0 heterocycles. The van der Waals surface area contributed by atoms with Crippen molar-refractivity contribution in [3.05, 3.63) is 145 Å². The van der Waals surface area contributed by atoms with Gasteiger partial charge in [0.05, 0.1) is 0 Å². The molecule has 2 atom stereocenters. The van der Waals surface area contributed by atoms with E-state index < -0.39 is 11.9 Å². The standard InChI is InChI=1S/C41H38O6/c1-5-39(42)44-25-27(3)46-36-17-13-30-21-34(15-11-32(30)23-36)41(20-19-29-9-7-8-10-38(29)41)35-16-12-33-24-37(18-14-31(33)22-35)47-28(4)26-45-40(43)6-2/h5-18,21-24,27-28H,1-2,19-20,25-26H2,3-4H3. The Morgan fingerprint density at radius 2 is 1.15 bits per heavy atom. The van der Waals surface area contributed by atoms with Crippen LogP contribution in [0.5, 0.6) is 11.5 Å². The molecule has 6 rings (SSSR count). The second kappa shape index (κ2) is 13.6. The summed E-state index contributed by atoms with van der Waals surface area (Å²) in [5.74, 6) is 0.514. The molecule has 0 fully saturated rings. The summed E-state index contributed by atoms with van der Waals surface area (Å²) in [4.78, 5) is 22.9. The molecule has 0 saturated heterocycles. The number of esters is 2. The number of hydrogen-bond acceptors (Lipinski definition) is 6. The van der Waals surface area contributed by atoms with Crippen LogP contribution in [0.1, 0.15) is 42.5 Å². The Labute approximate surface area is 275 Å². The van der Waals surface area contributed by atoms with E-state index in [4.69, 9.17) is 18.9 Å². The van der Waals surface area contributed by atoms with Gasteiger partial charge in [-0.1, -0.05) is 73.8 Å². The lowest BCUT2D eigenvalue weighted by molar-refractivity contribution is -0.140. The molecule has 0 spiro atoms. The predicted octanol–water partition coefficient (Wildman–Crippen LogP) is 8.27. The van der Waals surface area contributed by atoms with Crippen molar-refractivity contribution < 1.29 is 28.5 Å². The van der Waals surface area contributed by atoms with E-state index >= 15 is 0 Å². The molecule has 0 radical (unpaired) electrons. The van der Waals surface area contributed by atoms with Gasteiger partial charge in [-0.05, 0) is 107 Å². The first-order valence-electron chi connectivity index (χ1n) is 15.9. The van der Waals surface area contributed by atoms with E-state index in [1.54, 1.807) is 0 Å². The van der Waals surface area contributed by atoms with E-state index in [1.807, 2.05) is 38.1 Å². The van der Waals surface area contributed by atoms with Crippen molar-refractivity contribution in [1.82, 2.24) is 0 Å². The van der Waals surface area contributed by atoms with Gasteiger partial charge in [0.2, 0.25) is 0 Å². The fraction of sp³-hybridized carbons (Fsp3) is 0.220. The first-order chi connectivity index (χ1) is 22.8. The average molecular weight is 627 g/mol. The minimum absolute atomic E-state index is 0.149. The zero-order valence-electron chi connectivity index (χ0n) is 26.7. The van der Waals surface area contributed by atoms with Crippen molar-refractivity contribution in [2.75, 3.05) is 13.2 Å². The molecule has 1 aliphatic rings. The Morgan fingerprint density at radius 1 is 0.681 bits per heavy atom. The highest BCUT2D eigenvalue weighted by molar-refractivity contribution is 5.87. The highest BCUT2D eigenvalue weighted by atomic mass is 16.6. The SMILES string of the molecule is C=CC(=O)OCC(C)Oc1ccc2cc(C3(c4ccc5cc(OC(C)COC(=O)C=C)ccc5c4)CCc4ccccc43)ccc2c1. The summed E-state index contributed by atoms with van der Waals surface area (Å²) >= 11 is 0. The van der Waals surface area contributed by atoms with Gasteiger partial charge in [0.15, 0.2) is 0 Å². The molecule has 47 heavy (non-hydrogen) atoms. The van der Waals surface area contributed by atoms with E-state index in [2.05, 4.69) is 86.0 Å². The van der Waals surface area contributed by atoms with Crippen LogP contribution < -0.4 is 9.47 Å². The lowest BCUT2D eigenvalue weighted by atomic mass is 9.69. The third-order valence-corrected chi connectivity index (χ3v) is 8.78. The molecule has 0 aliphatic heterocycles.